The van der Waals surface area contributed by atoms with Crippen molar-refractivity contribution in [2.45, 2.75) is 35.7 Å². The predicted molar refractivity (Wildman–Crippen MR) is 200 cm³/mol. The Morgan fingerprint density at radius 1 is 0.565 bits per heavy atom. The molecular weight excluding hydrogens is 679 g/mol. The van der Waals surface area contributed by atoms with Gasteiger partial charge in [0.1, 0.15) is 0 Å². The van der Waals surface area contributed by atoms with Crippen LogP contribution in [0.4, 0.5) is 0 Å². The van der Waals surface area contributed by atoms with E-state index in [4.69, 9.17) is 0 Å². The van der Waals surface area contributed by atoms with E-state index >= 15 is 0 Å². The molecule has 0 bridgehead atoms. The van der Waals surface area contributed by atoms with Crippen LogP contribution in [0, 0.1) is 0 Å². The fourth-order valence-electron chi connectivity index (χ4n) is 7.73. The third-order valence-electron chi connectivity index (χ3n) is 9.71. The summed E-state index contributed by atoms with van der Waals surface area (Å²) < 4.78 is 4.11. The van der Waals surface area contributed by atoms with Crippen molar-refractivity contribution < 1.29 is 21.3 Å². The van der Waals surface area contributed by atoms with Gasteiger partial charge in [0.15, 0.2) is 0 Å². The molecule has 0 aliphatic heterocycles. The fourth-order valence-corrected chi connectivity index (χ4v) is 17.0. The van der Waals surface area contributed by atoms with E-state index in [1.165, 1.54) is 56.6 Å². The van der Waals surface area contributed by atoms with Gasteiger partial charge in [-0.25, -0.2) is 0 Å². The van der Waals surface area contributed by atoms with Gasteiger partial charge in [0.05, 0.1) is 0 Å². The Bertz CT molecular complexity index is 2050. The van der Waals surface area contributed by atoms with E-state index in [0.29, 0.717) is 3.63 Å². The topological polar surface area (TPSA) is 0 Å². The van der Waals surface area contributed by atoms with E-state index < -0.39 is 21.3 Å². The van der Waals surface area contributed by atoms with Crippen molar-refractivity contribution in [1.29, 1.82) is 0 Å². The smallest absolute Gasteiger partial charge is 0.147 e. The Morgan fingerprint density at radius 2 is 1.09 bits per heavy atom. The van der Waals surface area contributed by atoms with E-state index in [0.717, 1.165) is 19.3 Å². The molecule has 0 saturated heterocycles. The number of benzene rings is 6. The SMILES string of the molecule is C1=CC[C]([Zr](=[C](CCc2ccccc2)CCc2ccccc2)[CH]2c3ccccc3-c3c2c2ccccc2c2ccccc32)=C1.Cl.Cl. The van der Waals surface area contributed by atoms with Gasteiger partial charge >= 0.3 is 270 Å². The molecule has 3 heteroatoms. The second kappa shape index (κ2) is 14.6. The van der Waals surface area contributed by atoms with Crippen molar-refractivity contribution in [3.05, 3.63) is 177 Å². The molecule has 1 unspecified atom stereocenters. The number of hydrogen-bond donors (Lipinski definition) is 0. The number of hydrogen-bond acceptors (Lipinski definition) is 0. The van der Waals surface area contributed by atoms with Crippen molar-refractivity contribution in [3.63, 3.8) is 0 Å². The molecule has 46 heavy (non-hydrogen) atoms. The first-order valence-electron chi connectivity index (χ1n) is 16.1. The maximum atomic E-state index is 2.52. The van der Waals surface area contributed by atoms with Crippen LogP contribution in [-0.2, 0) is 34.1 Å². The first-order chi connectivity index (χ1) is 21.9. The molecule has 0 saturated carbocycles. The van der Waals surface area contributed by atoms with Crippen molar-refractivity contribution in [2.75, 3.05) is 0 Å². The van der Waals surface area contributed by atoms with Crippen molar-refractivity contribution in [3.8, 4) is 11.1 Å². The maximum absolute atomic E-state index is 2.52. The Kier molecular flexibility index (Phi) is 10.3. The Morgan fingerprint density at radius 3 is 1.70 bits per heavy atom. The Hall–Kier alpha value is -3.35. The maximum Gasteiger partial charge on any atom is -0.147 e. The zero-order chi connectivity index (χ0) is 29.3. The van der Waals surface area contributed by atoms with Crippen LogP contribution in [0.3, 0.4) is 0 Å². The molecule has 6 aromatic rings. The molecule has 0 radical (unpaired) electrons. The average Bonchev–Trinajstić information content (AvgIpc) is 3.75. The predicted octanol–water partition coefficient (Wildman–Crippen LogP) is 11.8. The van der Waals surface area contributed by atoms with Gasteiger partial charge in [-0.3, -0.25) is 0 Å². The van der Waals surface area contributed by atoms with Crippen LogP contribution in [0.25, 0.3) is 32.7 Å². The summed E-state index contributed by atoms with van der Waals surface area (Å²) in [5.41, 5.74) is 9.05. The summed E-state index contributed by atoms with van der Waals surface area (Å²) in [5, 5.41) is 5.64. The van der Waals surface area contributed by atoms with Crippen LogP contribution in [0.1, 0.15) is 45.1 Å². The Labute approximate surface area is 292 Å². The number of allylic oxidation sites excluding steroid dienone is 4. The first-order valence-corrected chi connectivity index (χ1v) is 19.9. The summed E-state index contributed by atoms with van der Waals surface area (Å²) in [6, 6.07) is 50.1. The van der Waals surface area contributed by atoms with Gasteiger partial charge in [0, 0.05) is 0 Å². The van der Waals surface area contributed by atoms with Crippen LogP contribution in [0.5, 0.6) is 0 Å². The van der Waals surface area contributed by atoms with Crippen molar-refractivity contribution >= 4 is 49.6 Å². The van der Waals surface area contributed by atoms with E-state index in [1.807, 2.05) is 3.21 Å². The molecule has 6 aromatic carbocycles. The second-order valence-electron chi connectivity index (χ2n) is 12.2. The van der Waals surface area contributed by atoms with Crippen LogP contribution in [0.2, 0.25) is 0 Å². The molecule has 0 fully saturated rings. The Balaban J connectivity index is 0.00000186. The molecule has 0 amide bonds. The molecular formula is C43H38Cl2Zr. The largest absolute Gasteiger partial charge is 0.147 e. The summed E-state index contributed by atoms with van der Waals surface area (Å²) in [5.74, 6) is 0. The number of aryl methyl sites for hydroxylation is 2. The molecule has 228 valence electrons. The minimum absolute atomic E-state index is 0. The zero-order valence-electron chi connectivity index (χ0n) is 25.9. The standard InChI is InChI=1S/C21H13.C17H18.C5H5.2ClH.Zr/c1-2-8-15-14(7-1)13-20-18-11-4-3-9-16(18)17-10-5-6-12-19(17)21(15)20;1-4-10-16(11-5-1)14-8-3-9-15-17-12-6-2-7-13-17;1-2-4-5-3-1;;;/h1-13H;1-2,4-7,10-13H,8-9,14-15H2;1-3H,4H2;2*1H;. The second-order valence-corrected chi connectivity index (χ2v) is 19.0. The summed E-state index contributed by atoms with van der Waals surface area (Å²) >= 11 is -2.52. The van der Waals surface area contributed by atoms with Gasteiger partial charge in [-0.05, 0) is 0 Å². The van der Waals surface area contributed by atoms with Crippen molar-refractivity contribution in [2.24, 2.45) is 0 Å². The quantitative estimate of drug-likeness (QED) is 0.138. The van der Waals surface area contributed by atoms with Crippen LogP contribution < -0.4 is 0 Å². The van der Waals surface area contributed by atoms with Gasteiger partial charge < -0.3 is 0 Å². The molecule has 8 rings (SSSR count). The summed E-state index contributed by atoms with van der Waals surface area (Å²) in [6.45, 7) is 0. The zero-order valence-corrected chi connectivity index (χ0v) is 30.0. The number of rotatable bonds is 8. The van der Waals surface area contributed by atoms with E-state index in [2.05, 4.69) is 152 Å². The van der Waals surface area contributed by atoms with Gasteiger partial charge in [-0.15, -0.1) is 24.8 Å². The minimum Gasteiger partial charge on any atom is -0.147 e. The van der Waals surface area contributed by atoms with Crippen LogP contribution in [-0.4, -0.2) is 3.21 Å². The summed E-state index contributed by atoms with van der Waals surface area (Å²) in [4.78, 5) is 0. The summed E-state index contributed by atoms with van der Waals surface area (Å²) in [7, 11) is 0. The molecule has 2 aliphatic rings. The minimum atomic E-state index is -2.52. The normalized spacial score (nSPS) is 14.3. The first kappa shape index (κ1) is 32.6. The van der Waals surface area contributed by atoms with Crippen LogP contribution in [0.15, 0.2) is 155 Å². The molecule has 1 atom stereocenters. The molecule has 2 aliphatic carbocycles. The molecule has 0 spiro atoms. The van der Waals surface area contributed by atoms with E-state index in [9.17, 15) is 0 Å². The molecule has 0 heterocycles. The van der Waals surface area contributed by atoms with Gasteiger partial charge in [0.2, 0.25) is 0 Å². The summed E-state index contributed by atoms with van der Waals surface area (Å²) in [6.07, 6.45) is 13.0. The average molecular weight is 717 g/mol. The number of fused-ring (bicyclic) bond motifs is 8. The molecule has 0 aromatic heterocycles. The fraction of sp³-hybridized carbons (Fsp3) is 0.140. The third kappa shape index (κ3) is 6.07. The molecule has 0 nitrogen and oxygen atoms in total. The van der Waals surface area contributed by atoms with E-state index in [-0.39, 0.29) is 24.8 Å². The van der Waals surface area contributed by atoms with Crippen LogP contribution >= 0.6 is 24.8 Å². The molecule has 0 N–H and O–H groups in total. The van der Waals surface area contributed by atoms with Gasteiger partial charge in [-0.2, -0.15) is 0 Å². The van der Waals surface area contributed by atoms with Gasteiger partial charge in [0.25, 0.3) is 0 Å². The van der Waals surface area contributed by atoms with E-state index in [1.54, 1.807) is 14.4 Å². The van der Waals surface area contributed by atoms with Crippen molar-refractivity contribution in [1.82, 2.24) is 0 Å². The van der Waals surface area contributed by atoms with Gasteiger partial charge in [-0.1, -0.05) is 0 Å². The monoisotopic (exact) mass is 714 g/mol. The third-order valence-corrected chi connectivity index (χ3v) is 18.3. The number of halogens is 2.